The van der Waals surface area contributed by atoms with E-state index < -0.39 is 0 Å². The summed E-state index contributed by atoms with van der Waals surface area (Å²) < 4.78 is 1.24. The van der Waals surface area contributed by atoms with E-state index in [0.29, 0.717) is 5.92 Å². The highest BCUT2D eigenvalue weighted by molar-refractivity contribution is 9.10. The highest BCUT2D eigenvalue weighted by atomic mass is 79.9. The summed E-state index contributed by atoms with van der Waals surface area (Å²) in [5, 5.41) is 0. The van der Waals surface area contributed by atoms with Crippen LogP contribution in [0.5, 0.6) is 0 Å². The molecule has 1 unspecified atom stereocenters. The van der Waals surface area contributed by atoms with Crippen molar-refractivity contribution >= 4 is 15.9 Å². The average Bonchev–Trinajstić information content (AvgIpc) is 2.15. The molecule has 0 saturated carbocycles. The molecule has 1 aromatic carbocycles. The molecular weight excluding hydrogens is 238 g/mol. The zero-order chi connectivity index (χ0) is 10.7. The van der Waals surface area contributed by atoms with Crippen LogP contribution in [0, 0.1) is 13.8 Å². The van der Waals surface area contributed by atoms with Gasteiger partial charge in [-0.15, -0.1) is 0 Å². The molecule has 0 aliphatic carbocycles. The lowest BCUT2D eigenvalue weighted by molar-refractivity contribution is 0.685. The predicted octanol–water partition coefficient (Wildman–Crippen LogP) is 3.52. The average molecular weight is 256 g/mol. The van der Waals surface area contributed by atoms with Crippen LogP contribution in [0.3, 0.4) is 0 Å². The first-order valence-corrected chi connectivity index (χ1v) is 5.83. The minimum Gasteiger partial charge on any atom is -0.330 e. The molecule has 1 atom stereocenters. The van der Waals surface area contributed by atoms with Gasteiger partial charge in [0.05, 0.1) is 0 Å². The van der Waals surface area contributed by atoms with Crippen molar-refractivity contribution in [1.29, 1.82) is 0 Å². The summed E-state index contributed by atoms with van der Waals surface area (Å²) in [6, 6.07) is 4.38. The SMILES string of the molecule is Cc1ccc(C(C)CCN)c(C)c1Br. The van der Waals surface area contributed by atoms with E-state index in [2.05, 4.69) is 48.8 Å². The molecular formula is C12H18BrN. The monoisotopic (exact) mass is 255 g/mol. The topological polar surface area (TPSA) is 26.0 Å². The third-order valence-electron chi connectivity index (χ3n) is 2.75. The molecule has 1 nitrogen and oxygen atoms in total. The lowest BCUT2D eigenvalue weighted by Crippen LogP contribution is -2.06. The molecule has 0 saturated heterocycles. The summed E-state index contributed by atoms with van der Waals surface area (Å²) in [4.78, 5) is 0. The van der Waals surface area contributed by atoms with Crippen molar-refractivity contribution in [3.63, 3.8) is 0 Å². The van der Waals surface area contributed by atoms with Gasteiger partial charge in [-0.2, -0.15) is 0 Å². The van der Waals surface area contributed by atoms with Crippen molar-refractivity contribution < 1.29 is 0 Å². The second kappa shape index (κ2) is 4.94. The number of benzene rings is 1. The fraction of sp³-hybridized carbons (Fsp3) is 0.500. The van der Waals surface area contributed by atoms with Gasteiger partial charge >= 0.3 is 0 Å². The van der Waals surface area contributed by atoms with Gasteiger partial charge in [-0.25, -0.2) is 0 Å². The molecule has 0 aliphatic rings. The Bertz CT molecular complexity index is 320. The van der Waals surface area contributed by atoms with Gasteiger partial charge in [-0.1, -0.05) is 35.0 Å². The van der Waals surface area contributed by atoms with Crippen molar-refractivity contribution in [2.24, 2.45) is 5.73 Å². The number of rotatable bonds is 3. The molecule has 0 aliphatic heterocycles. The van der Waals surface area contributed by atoms with Gasteiger partial charge in [0.2, 0.25) is 0 Å². The lowest BCUT2D eigenvalue weighted by atomic mass is 9.93. The Morgan fingerprint density at radius 1 is 1.36 bits per heavy atom. The minimum absolute atomic E-state index is 0.553. The molecule has 2 heteroatoms. The number of nitrogens with two attached hydrogens (primary N) is 1. The number of hydrogen-bond donors (Lipinski definition) is 1. The Labute approximate surface area is 94.8 Å². The van der Waals surface area contributed by atoms with Gasteiger partial charge in [-0.05, 0) is 49.4 Å². The standard InChI is InChI=1S/C12H18BrN/c1-8(6-7-14)11-5-4-9(2)12(13)10(11)3/h4-5,8H,6-7,14H2,1-3H3. The van der Waals surface area contributed by atoms with Crippen molar-refractivity contribution in [3.05, 3.63) is 33.3 Å². The van der Waals surface area contributed by atoms with Crippen LogP contribution < -0.4 is 5.73 Å². The Morgan fingerprint density at radius 2 is 2.00 bits per heavy atom. The smallest absolute Gasteiger partial charge is 0.0236 e. The van der Waals surface area contributed by atoms with Crippen LogP contribution in [0.1, 0.15) is 36.0 Å². The first-order chi connectivity index (χ1) is 6.57. The van der Waals surface area contributed by atoms with Crippen molar-refractivity contribution in [2.75, 3.05) is 6.54 Å². The van der Waals surface area contributed by atoms with Crippen LogP contribution in [0.4, 0.5) is 0 Å². The van der Waals surface area contributed by atoms with Crippen molar-refractivity contribution in [1.82, 2.24) is 0 Å². The van der Waals surface area contributed by atoms with E-state index >= 15 is 0 Å². The lowest BCUT2D eigenvalue weighted by Gasteiger charge is -2.16. The zero-order valence-electron chi connectivity index (χ0n) is 9.10. The van der Waals surface area contributed by atoms with E-state index in [9.17, 15) is 0 Å². The highest BCUT2D eigenvalue weighted by Gasteiger charge is 2.10. The van der Waals surface area contributed by atoms with E-state index in [-0.39, 0.29) is 0 Å². The van der Waals surface area contributed by atoms with Crippen LogP contribution in [0.25, 0.3) is 0 Å². The largest absolute Gasteiger partial charge is 0.330 e. The van der Waals surface area contributed by atoms with Gasteiger partial charge in [0.1, 0.15) is 0 Å². The number of aryl methyl sites for hydroxylation is 1. The van der Waals surface area contributed by atoms with E-state index in [4.69, 9.17) is 5.73 Å². The molecule has 1 rings (SSSR count). The predicted molar refractivity (Wildman–Crippen MR) is 65.7 cm³/mol. The molecule has 0 amide bonds. The molecule has 14 heavy (non-hydrogen) atoms. The molecule has 2 N–H and O–H groups in total. The summed E-state index contributed by atoms with van der Waals surface area (Å²) in [5.74, 6) is 0.553. The van der Waals surface area contributed by atoms with Crippen LogP contribution >= 0.6 is 15.9 Å². The van der Waals surface area contributed by atoms with Gasteiger partial charge in [0.15, 0.2) is 0 Å². The van der Waals surface area contributed by atoms with E-state index in [0.717, 1.165) is 13.0 Å². The van der Waals surface area contributed by atoms with Gasteiger partial charge in [0.25, 0.3) is 0 Å². The first kappa shape index (κ1) is 11.7. The number of halogens is 1. The quantitative estimate of drug-likeness (QED) is 0.879. The summed E-state index contributed by atoms with van der Waals surface area (Å²) in [6.45, 7) is 7.27. The van der Waals surface area contributed by atoms with Gasteiger partial charge in [-0.3, -0.25) is 0 Å². The fourth-order valence-electron chi connectivity index (χ4n) is 1.77. The Kier molecular flexibility index (Phi) is 4.14. The second-order valence-corrected chi connectivity index (χ2v) is 4.68. The summed E-state index contributed by atoms with van der Waals surface area (Å²) in [7, 11) is 0. The van der Waals surface area contributed by atoms with Crippen molar-refractivity contribution in [3.8, 4) is 0 Å². The fourth-order valence-corrected chi connectivity index (χ4v) is 2.14. The Hall–Kier alpha value is -0.340. The molecule has 78 valence electrons. The third kappa shape index (κ3) is 2.37. The molecule has 0 spiro atoms. The maximum absolute atomic E-state index is 5.57. The zero-order valence-corrected chi connectivity index (χ0v) is 10.7. The third-order valence-corrected chi connectivity index (χ3v) is 3.97. The Morgan fingerprint density at radius 3 is 2.57 bits per heavy atom. The van der Waals surface area contributed by atoms with E-state index in [1.54, 1.807) is 0 Å². The maximum atomic E-state index is 5.57. The van der Waals surface area contributed by atoms with E-state index in [1.165, 1.54) is 21.2 Å². The van der Waals surface area contributed by atoms with Gasteiger partial charge < -0.3 is 5.73 Å². The summed E-state index contributed by atoms with van der Waals surface area (Å²) >= 11 is 3.62. The minimum atomic E-state index is 0.553. The Balaban J connectivity index is 3.04. The summed E-state index contributed by atoms with van der Waals surface area (Å²) in [6.07, 6.45) is 1.05. The molecule has 0 bridgehead atoms. The normalized spacial score (nSPS) is 12.9. The highest BCUT2D eigenvalue weighted by Crippen LogP contribution is 2.29. The molecule has 0 fully saturated rings. The van der Waals surface area contributed by atoms with E-state index in [1.807, 2.05) is 0 Å². The first-order valence-electron chi connectivity index (χ1n) is 5.03. The van der Waals surface area contributed by atoms with Crippen LogP contribution in [0.15, 0.2) is 16.6 Å². The van der Waals surface area contributed by atoms with Crippen LogP contribution in [0.2, 0.25) is 0 Å². The molecule has 0 radical (unpaired) electrons. The van der Waals surface area contributed by atoms with Crippen LogP contribution in [-0.2, 0) is 0 Å². The maximum Gasteiger partial charge on any atom is 0.0236 e. The molecule has 0 aromatic heterocycles. The summed E-state index contributed by atoms with van der Waals surface area (Å²) in [5.41, 5.74) is 9.63. The van der Waals surface area contributed by atoms with Crippen LogP contribution in [-0.4, -0.2) is 6.54 Å². The molecule has 0 heterocycles. The molecule has 1 aromatic rings. The number of hydrogen-bond acceptors (Lipinski definition) is 1. The van der Waals surface area contributed by atoms with Crippen molar-refractivity contribution in [2.45, 2.75) is 33.1 Å². The second-order valence-electron chi connectivity index (χ2n) is 3.89. The van der Waals surface area contributed by atoms with Gasteiger partial charge in [0, 0.05) is 4.47 Å².